The van der Waals surface area contributed by atoms with Crippen LogP contribution in [0.1, 0.15) is 26.2 Å². The van der Waals surface area contributed by atoms with Gasteiger partial charge in [0.1, 0.15) is 0 Å². The molecule has 0 aliphatic carbocycles. The van der Waals surface area contributed by atoms with Crippen LogP contribution in [0.25, 0.3) is 0 Å². The van der Waals surface area contributed by atoms with Gasteiger partial charge in [-0.2, -0.15) is 0 Å². The summed E-state index contributed by atoms with van der Waals surface area (Å²) in [6.07, 6.45) is 1.95. The van der Waals surface area contributed by atoms with Crippen LogP contribution in [0.15, 0.2) is 10.2 Å². The fourth-order valence-corrected chi connectivity index (χ4v) is 0.839. The van der Waals surface area contributed by atoms with Crippen LogP contribution in [0.3, 0.4) is 0 Å². The van der Waals surface area contributed by atoms with Crippen molar-refractivity contribution < 1.29 is 51.1 Å². The molecule has 0 saturated carbocycles. The van der Waals surface area contributed by atoms with Gasteiger partial charge in [-0.1, -0.05) is 0 Å². The van der Waals surface area contributed by atoms with E-state index in [4.69, 9.17) is 0 Å². The van der Waals surface area contributed by atoms with Crippen molar-refractivity contribution in [1.82, 2.24) is 0 Å². The van der Waals surface area contributed by atoms with Gasteiger partial charge in [0.05, 0.1) is 0 Å². The second-order valence-electron chi connectivity index (χ2n) is 1.91. The van der Waals surface area contributed by atoms with Crippen molar-refractivity contribution in [2.75, 3.05) is 0 Å². The van der Waals surface area contributed by atoms with E-state index in [1.165, 1.54) is 0 Å². The molecular weight excluding hydrogens is 302 g/mol. The van der Waals surface area contributed by atoms with Crippen molar-refractivity contribution in [3.05, 3.63) is 10.2 Å². The maximum Gasteiger partial charge on any atom is -1.00 e. The SMILES string of the molecule is CCCC/C(F)=[C](\F)[Zn+].[I-]. The van der Waals surface area contributed by atoms with E-state index in [1.807, 2.05) is 6.92 Å². The van der Waals surface area contributed by atoms with E-state index < -0.39 is 10.2 Å². The van der Waals surface area contributed by atoms with Crippen molar-refractivity contribution in [2.45, 2.75) is 26.2 Å². The van der Waals surface area contributed by atoms with Gasteiger partial charge in [0.25, 0.3) is 0 Å². The molecule has 0 atom stereocenters. The Hall–Kier alpha value is 0.953. The Bertz CT molecular complexity index is 110. The molecular formula is C6H9F2IZn. The van der Waals surface area contributed by atoms with E-state index >= 15 is 0 Å². The van der Waals surface area contributed by atoms with Crippen LogP contribution in [0, 0.1) is 0 Å². The summed E-state index contributed by atoms with van der Waals surface area (Å²) in [6.45, 7) is 1.96. The Balaban J connectivity index is 0. The van der Waals surface area contributed by atoms with Crippen molar-refractivity contribution in [3.8, 4) is 0 Å². The van der Waals surface area contributed by atoms with E-state index in [2.05, 4.69) is 0 Å². The summed E-state index contributed by atoms with van der Waals surface area (Å²) in [5.41, 5.74) is 0. The predicted molar refractivity (Wildman–Crippen MR) is 28.8 cm³/mol. The quantitative estimate of drug-likeness (QED) is 0.502. The van der Waals surface area contributed by atoms with Gasteiger partial charge in [-0.3, -0.25) is 0 Å². The number of hydrogen-bond acceptors (Lipinski definition) is 0. The molecule has 0 bridgehead atoms. The molecule has 0 rings (SSSR count). The smallest absolute Gasteiger partial charge is 1.00 e. The van der Waals surface area contributed by atoms with Crippen LogP contribution in [0.4, 0.5) is 8.78 Å². The van der Waals surface area contributed by atoms with Gasteiger partial charge in [0, 0.05) is 0 Å². The number of rotatable bonds is 3. The van der Waals surface area contributed by atoms with Gasteiger partial charge >= 0.3 is 63.5 Å². The zero-order valence-electron chi connectivity index (χ0n) is 5.96. The standard InChI is InChI=1S/C6H9F2.HI.Zn/c1-2-3-4-6(8)5-7;;/h2-4H2,1H3;1H;/q;;+1/p-1. The minimum Gasteiger partial charge on any atom is -1.00 e. The van der Waals surface area contributed by atoms with Crippen LogP contribution < -0.4 is 24.0 Å². The Labute approximate surface area is 87.1 Å². The maximum atomic E-state index is 12.2. The Morgan fingerprint density at radius 2 is 1.90 bits per heavy atom. The van der Waals surface area contributed by atoms with Crippen molar-refractivity contribution in [1.29, 1.82) is 0 Å². The van der Waals surface area contributed by atoms with Gasteiger partial charge in [0.15, 0.2) is 0 Å². The first kappa shape index (κ1) is 13.5. The van der Waals surface area contributed by atoms with E-state index in [-0.39, 0.29) is 30.4 Å². The number of allylic oxidation sites excluding steroid dienone is 1. The second kappa shape index (κ2) is 8.05. The molecule has 0 heterocycles. The zero-order valence-corrected chi connectivity index (χ0v) is 11.1. The first-order valence-electron chi connectivity index (χ1n) is 3.04. The van der Waals surface area contributed by atoms with Crippen molar-refractivity contribution in [2.24, 2.45) is 0 Å². The molecule has 56 valence electrons. The molecule has 0 saturated heterocycles. The Kier molecular flexibility index (Phi) is 10.9. The molecule has 0 nitrogen and oxygen atoms in total. The topological polar surface area (TPSA) is 0 Å². The minimum atomic E-state index is -0.552. The van der Waals surface area contributed by atoms with Crippen LogP contribution in [0.2, 0.25) is 0 Å². The molecule has 0 aliphatic rings. The van der Waals surface area contributed by atoms with Crippen LogP contribution >= 0.6 is 0 Å². The average Bonchev–Trinajstić information content (AvgIpc) is 1.82. The number of hydrogen-bond donors (Lipinski definition) is 0. The molecule has 0 aromatic rings. The molecule has 10 heavy (non-hydrogen) atoms. The normalized spacial score (nSPS) is 12.1. The van der Waals surface area contributed by atoms with Gasteiger partial charge in [-0.15, -0.1) is 0 Å². The van der Waals surface area contributed by atoms with E-state index in [0.29, 0.717) is 18.3 Å². The molecule has 0 fully saturated rings. The summed E-state index contributed by atoms with van der Waals surface area (Å²) in [5, 5.41) is 0. The molecule has 0 amide bonds. The maximum absolute atomic E-state index is 12.2. The van der Waals surface area contributed by atoms with Crippen molar-refractivity contribution in [3.63, 3.8) is 0 Å². The summed E-state index contributed by atoms with van der Waals surface area (Å²) < 4.78 is 23.7. The molecule has 0 spiro atoms. The van der Waals surface area contributed by atoms with Crippen LogP contribution in [-0.2, 0) is 18.3 Å². The van der Waals surface area contributed by atoms with Crippen LogP contribution in [0.5, 0.6) is 0 Å². The Morgan fingerprint density at radius 3 is 2.20 bits per heavy atom. The molecule has 0 radical (unpaired) electrons. The Morgan fingerprint density at radius 1 is 1.40 bits per heavy atom. The molecule has 0 aromatic heterocycles. The van der Waals surface area contributed by atoms with Gasteiger partial charge in [0.2, 0.25) is 0 Å². The summed E-state index contributed by atoms with van der Waals surface area (Å²) in [4.78, 5) is 0. The third-order valence-corrected chi connectivity index (χ3v) is 1.85. The van der Waals surface area contributed by atoms with E-state index in [9.17, 15) is 8.78 Å². The molecule has 0 aliphatic heterocycles. The zero-order chi connectivity index (χ0) is 7.28. The summed E-state index contributed by atoms with van der Waals surface area (Å²) >= 11 is 0.301. The van der Waals surface area contributed by atoms with E-state index in [0.717, 1.165) is 12.8 Å². The molecule has 0 N–H and O–H groups in total. The number of halogens is 3. The monoisotopic (exact) mass is 310 g/mol. The van der Waals surface area contributed by atoms with Gasteiger partial charge in [-0.25, -0.2) is 0 Å². The van der Waals surface area contributed by atoms with Crippen LogP contribution in [-0.4, -0.2) is 0 Å². The van der Waals surface area contributed by atoms with Crippen molar-refractivity contribution >= 4 is 0 Å². The van der Waals surface area contributed by atoms with Gasteiger partial charge in [-0.05, 0) is 0 Å². The first-order chi connectivity index (χ1) is 4.18. The number of unbranched alkanes of at least 4 members (excludes halogenated alkanes) is 1. The third kappa shape index (κ3) is 7.07. The predicted octanol–water partition coefficient (Wildman–Crippen LogP) is -0.165. The summed E-state index contributed by atoms with van der Waals surface area (Å²) in [5.74, 6) is -0.545. The average molecular weight is 311 g/mol. The molecule has 0 aromatic carbocycles. The second-order valence-corrected chi connectivity index (χ2v) is 3.22. The van der Waals surface area contributed by atoms with E-state index in [1.54, 1.807) is 0 Å². The molecule has 4 heteroatoms. The molecule has 0 unspecified atom stereocenters. The van der Waals surface area contributed by atoms with Gasteiger partial charge < -0.3 is 24.0 Å². The minimum absolute atomic E-state index is 0. The fraction of sp³-hybridized carbons (Fsp3) is 0.667. The fourth-order valence-electron chi connectivity index (χ4n) is 0.468. The first-order valence-corrected chi connectivity index (χ1v) is 4.53. The third-order valence-electron chi connectivity index (χ3n) is 1.04. The summed E-state index contributed by atoms with van der Waals surface area (Å²) in [7, 11) is 0. The largest absolute Gasteiger partial charge is 1.00 e. The summed E-state index contributed by atoms with van der Waals surface area (Å²) in [6, 6.07) is 0.